The first-order chi connectivity index (χ1) is 14.7. The monoisotopic (exact) mass is 423 g/mol. The normalized spacial score (nSPS) is 22.1. The smallest absolute Gasteiger partial charge is 0.407 e. The van der Waals surface area contributed by atoms with Gasteiger partial charge in [0.2, 0.25) is 0 Å². The van der Waals surface area contributed by atoms with Crippen LogP contribution in [0.5, 0.6) is 0 Å². The van der Waals surface area contributed by atoms with Crippen LogP contribution in [0.1, 0.15) is 50.7 Å². The number of carbonyl (C=O) groups is 2. The molecule has 2 aromatic rings. The molecular formula is C25H29NO5. The molecule has 6 heteroatoms. The molecule has 2 aliphatic rings. The van der Waals surface area contributed by atoms with E-state index in [1.807, 2.05) is 45.0 Å². The number of benzene rings is 2. The van der Waals surface area contributed by atoms with E-state index in [1.54, 1.807) is 0 Å². The predicted octanol–water partition coefficient (Wildman–Crippen LogP) is 4.01. The second-order valence-electron chi connectivity index (χ2n) is 9.54. The number of ether oxygens (including phenoxy) is 2. The molecule has 1 saturated carbocycles. The molecule has 4 rings (SSSR count). The summed E-state index contributed by atoms with van der Waals surface area (Å²) in [6, 6.07) is 16.3. The third kappa shape index (κ3) is 4.59. The van der Waals surface area contributed by atoms with Crippen molar-refractivity contribution < 1.29 is 24.2 Å². The van der Waals surface area contributed by atoms with E-state index in [-0.39, 0.29) is 43.8 Å². The van der Waals surface area contributed by atoms with Gasteiger partial charge in [-0.25, -0.2) is 4.79 Å². The highest BCUT2D eigenvalue weighted by Crippen LogP contribution is 2.44. The van der Waals surface area contributed by atoms with Crippen LogP contribution in [0.2, 0.25) is 0 Å². The maximum Gasteiger partial charge on any atom is 0.407 e. The Morgan fingerprint density at radius 2 is 1.58 bits per heavy atom. The summed E-state index contributed by atoms with van der Waals surface area (Å²) in [6.45, 7) is 5.71. The fraction of sp³-hybridized carbons (Fsp3) is 0.440. The summed E-state index contributed by atoms with van der Waals surface area (Å²) in [5, 5.41) is 13.2. The Hall–Kier alpha value is -2.86. The molecule has 1 amide bonds. The number of fused-ring (bicyclic) bond motifs is 3. The van der Waals surface area contributed by atoms with Crippen molar-refractivity contribution in [3.8, 4) is 11.1 Å². The summed E-state index contributed by atoms with van der Waals surface area (Å²) in [4.78, 5) is 24.3. The molecule has 31 heavy (non-hydrogen) atoms. The third-order valence-electron chi connectivity index (χ3n) is 5.90. The molecule has 0 radical (unpaired) electrons. The molecule has 2 N–H and O–H groups in total. The van der Waals surface area contributed by atoms with E-state index in [1.165, 1.54) is 11.1 Å². The lowest BCUT2D eigenvalue weighted by Crippen LogP contribution is -2.55. The highest BCUT2D eigenvalue weighted by Gasteiger charge is 2.47. The standard InChI is InChI=1S/C25H29NO5/c1-24(2,3)31-22(27)16-12-25(29,13-16)15-26-23(28)30-14-21-19-10-6-4-8-17(19)18-9-5-7-11-20(18)21/h4-11,16,21,29H,12-15H2,1-3H3,(H,26,28). The van der Waals surface area contributed by atoms with E-state index in [2.05, 4.69) is 29.6 Å². The Balaban J connectivity index is 1.28. The van der Waals surface area contributed by atoms with Gasteiger partial charge in [0, 0.05) is 12.5 Å². The molecule has 0 heterocycles. The van der Waals surface area contributed by atoms with Crippen LogP contribution in [-0.4, -0.2) is 41.5 Å². The van der Waals surface area contributed by atoms with Crippen molar-refractivity contribution in [2.24, 2.45) is 5.92 Å². The molecule has 0 saturated heterocycles. The zero-order valence-electron chi connectivity index (χ0n) is 18.2. The molecule has 0 spiro atoms. The number of aliphatic hydroxyl groups is 1. The minimum Gasteiger partial charge on any atom is -0.460 e. The van der Waals surface area contributed by atoms with Crippen LogP contribution >= 0.6 is 0 Å². The van der Waals surface area contributed by atoms with E-state index in [9.17, 15) is 14.7 Å². The molecule has 0 aromatic heterocycles. The van der Waals surface area contributed by atoms with Crippen LogP contribution in [0.4, 0.5) is 4.79 Å². The number of hydrogen-bond acceptors (Lipinski definition) is 5. The number of carbonyl (C=O) groups excluding carboxylic acids is 2. The molecule has 2 aromatic carbocycles. The van der Waals surface area contributed by atoms with Crippen LogP contribution in [0.25, 0.3) is 11.1 Å². The maximum absolute atomic E-state index is 12.3. The highest BCUT2D eigenvalue weighted by molar-refractivity contribution is 5.79. The van der Waals surface area contributed by atoms with E-state index >= 15 is 0 Å². The molecule has 1 fully saturated rings. The van der Waals surface area contributed by atoms with Gasteiger partial charge >= 0.3 is 12.1 Å². The summed E-state index contributed by atoms with van der Waals surface area (Å²) in [6.07, 6.45) is -0.0343. The van der Waals surface area contributed by atoms with Gasteiger partial charge in [-0.15, -0.1) is 0 Å². The SMILES string of the molecule is CC(C)(C)OC(=O)C1CC(O)(CNC(=O)OCC2c3ccccc3-c3ccccc32)C1. The number of amides is 1. The predicted molar refractivity (Wildman–Crippen MR) is 117 cm³/mol. The first kappa shape index (κ1) is 21.4. The second kappa shape index (κ2) is 8.00. The van der Waals surface area contributed by atoms with Crippen molar-refractivity contribution in [2.45, 2.75) is 50.7 Å². The molecular weight excluding hydrogens is 394 g/mol. The minimum absolute atomic E-state index is 0.0125. The number of hydrogen-bond donors (Lipinski definition) is 2. The summed E-state index contributed by atoms with van der Waals surface area (Å²) >= 11 is 0. The lowest BCUT2D eigenvalue weighted by molar-refractivity contribution is -0.174. The summed E-state index contributed by atoms with van der Waals surface area (Å²) in [5.74, 6) is -0.659. The molecule has 164 valence electrons. The Morgan fingerprint density at radius 3 is 2.13 bits per heavy atom. The van der Waals surface area contributed by atoms with Gasteiger partial charge in [-0.2, -0.15) is 0 Å². The van der Waals surface area contributed by atoms with Gasteiger partial charge in [-0.05, 0) is 55.9 Å². The highest BCUT2D eigenvalue weighted by atomic mass is 16.6. The van der Waals surface area contributed by atoms with Gasteiger partial charge in [-0.1, -0.05) is 48.5 Å². The van der Waals surface area contributed by atoms with E-state index in [0.29, 0.717) is 0 Å². The summed E-state index contributed by atoms with van der Waals surface area (Å²) in [5.41, 5.74) is 2.98. The van der Waals surface area contributed by atoms with E-state index in [0.717, 1.165) is 11.1 Å². The van der Waals surface area contributed by atoms with Crippen molar-refractivity contribution in [3.05, 3.63) is 59.7 Å². The van der Waals surface area contributed by atoms with Gasteiger partial charge in [0.1, 0.15) is 12.2 Å². The lowest BCUT2D eigenvalue weighted by Gasteiger charge is -2.42. The van der Waals surface area contributed by atoms with Crippen LogP contribution in [0, 0.1) is 5.92 Å². The Kier molecular flexibility index (Phi) is 5.52. The topological polar surface area (TPSA) is 84.9 Å². The van der Waals surface area contributed by atoms with E-state index < -0.39 is 17.3 Å². The largest absolute Gasteiger partial charge is 0.460 e. The molecule has 2 aliphatic carbocycles. The summed E-state index contributed by atoms with van der Waals surface area (Å²) in [7, 11) is 0. The van der Waals surface area contributed by atoms with Crippen molar-refractivity contribution in [3.63, 3.8) is 0 Å². The van der Waals surface area contributed by atoms with Gasteiger partial charge in [-0.3, -0.25) is 4.79 Å². The van der Waals surface area contributed by atoms with Crippen molar-refractivity contribution in [1.82, 2.24) is 5.32 Å². The lowest BCUT2D eigenvalue weighted by atomic mass is 9.71. The van der Waals surface area contributed by atoms with Crippen LogP contribution in [0.3, 0.4) is 0 Å². The van der Waals surface area contributed by atoms with Crippen LogP contribution in [0.15, 0.2) is 48.5 Å². The average molecular weight is 424 g/mol. The fourth-order valence-electron chi connectivity index (χ4n) is 4.44. The zero-order valence-corrected chi connectivity index (χ0v) is 18.2. The minimum atomic E-state index is -1.10. The fourth-order valence-corrected chi connectivity index (χ4v) is 4.44. The van der Waals surface area contributed by atoms with E-state index in [4.69, 9.17) is 9.47 Å². The molecule has 0 aliphatic heterocycles. The Labute approximate surface area is 182 Å². The first-order valence-electron chi connectivity index (χ1n) is 10.7. The quantitative estimate of drug-likeness (QED) is 0.710. The maximum atomic E-state index is 12.3. The van der Waals surface area contributed by atoms with Crippen molar-refractivity contribution >= 4 is 12.1 Å². The number of esters is 1. The van der Waals surface area contributed by atoms with Crippen LogP contribution < -0.4 is 5.32 Å². The molecule has 0 atom stereocenters. The Bertz CT molecular complexity index is 942. The average Bonchev–Trinajstić information content (AvgIpc) is 3.01. The van der Waals surface area contributed by atoms with Gasteiger partial charge in [0.15, 0.2) is 0 Å². The molecule has 6 nitrogen and oxygen atoms in total. The van der Waals surface area contributed by atoms with Crippen molar-refractivity contribution in [1.29, 1.82) is 0 Å². The third-order valence-corrected chi connectivity index (χ3v) is 5.90. The number of alkyl carbamates (subject to hydrolysis) is 1. The zero-order chi connectivity index (χ0) is 22.2. The first-order valence-corrected chi connectivity index (χ1v) is 10.7. The van der Waals surface area contributed by atoms with Crippen molar-refractivity contribution in [2.75, 3.05) is 13.2 Å². The number of rotatable bonds is 5. The van der Waals surface area contributed by atoms with Gasteiger partial charge in [0.25, 0.3) is 0 Å². The molecule has 0 unspecified atom stereocenters. The second-order valence-corrected chi connectivity index (χ2v) is 9.54. The number of nitrogens with one attached hydrogen (secondary N) is 1. The van der Waals surface area contributed by atoms with Gasteiger partial charge < -0.3 is 19.9 Å². The molecule has 0 bridgehead atoms. The Morgan fingerprint density at radius 1 is 1.03 bits per heavy atom. The summed E-state index contributed by atoms with van der Waals surface area (Å²) < 4.78 is 10.8. The van der Waals surface area contributed by atoms with Crippen LogP contribution in [-0.2, 0) is 14.3 Å². The van der Waals surface area contributed by atoms with Gasteiger partial charge in [0.05, 0.1) is 11.5 Å².